The highest BCUT2D eigenvalue weighted by atomic mass is 16.5. The molecule has 0 atom stereocenters. The van der Waals surface area contributed by atoms with Crippen LogP contribution < -0.4 is 15.6 Å². The smallest absolute Gasteiger partial charge is 0.259 e. The number of aryl methyl sites for hydroxylation is 1. The average Bonchev–Trinajstić information content (AvgIpc) is 3.55. The lowest BCUT2D eigenvalue weighted by atomic mass is 10.1. The third-order valence-corrected chi connectivity index (χ3v) is 7.54. The Morgan fingerprint density at radius 1 is 1.11 bits per heavy atom. The second-order valence-corrected chi connectivity index (χ2v) is 9.76. The number of pyridine rings is 2. The molecule has 10 nitrogen and oxygen atoms in total. The molecule has 0 bridgehead atoms. The van der Waals surface area contributed by atoms with Crippen molar-refractivity contribution >= 4 is 45.7 Å². The predicted molar refractivity (Wildman–Crippen MR) is 144 cm³/mol. The van der Waals surface area contributed by atoms with Crippen molar-refractivity contribution in [3.63, 3.8) is 0 Å². The van der Waals surface area contributed by atoms with Crippen LogP contribution in [0.4, 0.5) is 5.82 Å². The summed E-state index contributed by atoms with van der Waals surface area (Å²) in [6.45, 7) is 6.06. The maximum atomic E-state index is 13.8. The zero-order valence-corrected chi connectivity index (χ0v) is 21.0. The summed E-state index contributed by atoms with van der Waals surface area (Å²) in [5.74, 6) is 0.395. The summed E-state index contributed by atoms with van der Waals surface area (Å²) in [6, 6.07) is 9.31. The van der Waals surface area contributed by atoms with Crippen LogP contribution in [0.2, 0.25) is 0 Å². The molecule has 0 aliphatic carbocycles. The number of amides is 1. The Bertz CT molecular complexity index is 1580. The number of morpholine rings is 1. The van der Waals surface area contributed by atoms with Gasteiger partial charge in [0.05, 0.1) is 29.6 Å². The number of nitrogens with zero attached hydrogens (tertiary/aromatic N) is 5. The van der Waals surface area contributed by atoms with Crippen molar-refractivity contribution in [3.8, 4) is 0 Å². The first-order chi connectivity index (χ1) is 18.1. The number of aromatic nitrogens is 3. The predicted octanol–water partition coefficient (Wildman–Crippen LogP) is 2.00. The van der Waals surface area contributed by atoms with Gasteiger partial charge in [0.15, 0.2) is 5.65 Å². The minimum absolute atomic E-state index is 0.116. The number of carbonyl (C=O) groups excluding carboxylic acids is 1. The monoisotopic (exact) mass is 501 g/mol. The maximum absolute atomic E-state index is 13.8. The summed E-state index contributed by atoms with van der Waals surface area (Å²) in [6.07, 6.45) is 3.67. The third kappa shape index (κ3) is 4.06. The zero-order chi connectivity index (χ0) is 25.5. The number of hydrogen-bond donors (Lipinski definition) is 2. The van der Waals surface area contributed by atoms with Gasteiger partial charge in [0.2, 0.25) is 5.43 Å². The first-order valence-electron chi connectivity index (χ1n) is 12.9. The Morgan fingerprint density at radius 2 is 1.89 bits per heavy atom. The molecule has 5 heterocycles. The van der Waals surface area contributed by atoms with Gasteiger partial charge in [-0.15, -0.1) is 0 Å². The fourth-order valence-corrected chi connectivity index (χ4v) is 5.58. The van der Waals surface area contributed by atoms with Crippen LogP contribution in [-0.4, -0.2) is 83.5 Å². The minimum Gasteiger partial charge on any atom is -0.378 e. The first-order valence-corrected chi connectivity index (χ1v) is 12.9. The Hall–Kier alpha value is -3.76. The maximum Gasteiger partial charge on any atom is 0.259 e. The Kier molecular flexibility index (Phi) is 6.13. The molecule has 192 valence electrons. The van der Waals surface area contributed by atoms with Crippen molar-refractivity contribution in [1.82, 2.24) is 24.2 Å². The third-order valence-electron chi connectivity index (χ3n) is 7.54. The number of benzene rings is 1. The van der Waals surface area contributed by atoms with E-state index in [-0.39, 0.29) is 16.9 Å². The van der Waals surface area contributed by atoms with E-state index < -0.39 is 0 Å². The number of fused-ring (bicyclic) bond motifs is 5. The van der Waals surface area contributed by atoms with Gasteiger partial charge in [-0.25, -0.2) is 4.98 Å². The second-order valence-electron chi connectivity index (χ2n) is 9.76. The standard InChI is InChI=1S/C27H31N7O3/c1-31-20-6-4-18(17-28)16-21(20)34-25-19(5-7-22(30-25)33-12-14-37-15-13-33)24(35)23(27(31)34)26(36)29-8-11-32-9-2-3-10-32/h4-7,16-17,28H,2-3,8-15H2,1H3,(H,29,36). The normalized spacial score (nSPS) is 16.7. The lowest BCUT2D eigenvalue weighted by molar-refractivity contribution is 0.0950. The zero-order valence-electron chi connectivity index (χ0n) is 21.0. The topological polar surface area (TPSA) is 108 Å². The van der Waals surface area contributed by atoms with Crippen molar-refractivity contribution in [2.45, 2.75) is 12.8 Å². The largest absolute Gasteiger partial charge is 0.378 e. The molecule has 37 heavy (non-hydrogen) atoms. The summed E-state index contributed by atoms with van der Waals surface area (Å²) >= 11 is 0. The molecule has 2 aliphatic rings. The number of ether oxygens (including phenoxy) is 1. The lowest BCUT2D eigenvalue weighted by Gasteiger charge is -2.28. The Balaban J connectivity index is 1.55. The number of imidazole rings is 1. The molecule has 4 aromatic rings. The highest BCUT2D eigenvalue weighted by Crippen LogP contribution is 2.27. The van der Waals surface area contributed by atoms with E-state index in [0.717, 1.165) is 55.1 Å². The van der Waals surface area contributed by atoms with Crippen molar-refractivity contribution < 1.29 is 9.53 Å². The van der Waals surface area contributed by atoms with Crippen LogP contribution in [0.5, 0.6) is 0 Å². The molecule has 3 aromatic heterocycles. The average molecular weight is 502 g/mol. The van der Waals surface area contributed by atoms with Crippen LogP contribution >= 0.6 is 0 Å². The van der Waals surface area contributed by atoms with Gasteiger partial charge in [0.1, 0.15) is 17.0 Å². The molecular formula is C27H31N7O3. The molecule has 1 aromatic carbocycles. The molecule has 2 aliphatic heterocycles. The van der Waals surface area contributed by atoms with E-state index >= 15 is 0 Å². The molecule has 6 rings (SSSR count). The van der Waals surface area contributed by atoms with Crippen LogP contribution in [0.3, 0.4) is 0 Å². The molecule has 2 N–H and O–H groups in total. The van der Waals surface area contributed by atoms with E-state index in [2.05, 4.69) is 15.1 Å². The second kappa shape index (κ2) is 9.60. The number of nitrogens with one attached hydrogen (secondary N) is 2. The van der Waals surface area contributed by atoms with Crippen LogP contribution in [0.15, 0.2) is 35.1 Å². The molecule has 10 heteroatoms. The van der Waals surface area contributed by atoms with Crippen LogP contribution in [-0.2, 0) is 11.8 Å². The number of rotatable bonds is 6. The highest BCUT2D eigenvalue weighted by molar-refractivity contribution is 6.06. The molecule has 1 amide bonds. The van der Waals surface area contributed by atoms with Gasteiger partial charge in [-0.05, 0) is 55.8 Å². The van der Waals surface area contributed by atoms with Crippen molar-refractivity contribution in [2.75, 3.05) is 57.4 Å². The number of carbonyl (C=O) groups is 1. The van der Waals surface area contributed by atoms with Crippen molar-refractivity contribution in [1.29, 1.82) is 5.41 Å². The van der Waals surface area contributed by atoms with Gasteiger partial charge < -0.3 is 29.8 Å². The van der Waals surface area contributed by atoms with Crippen molar-refractivity contribution in [2.24, 2.45) is 7.05 Å². The Labute approximate surface area is 213 Å². The van der Waals surface area contributed by atoms with E-state index in [9.17, 15) is 9.59 Å². The summed E-state index contributed by atoms with van der Waals surface area (Å²) in [5.41, 5.74) is 3.17. The minimum atomic E-state index is -0.376. The van der Waals surface area contributed by atoms with Crippen molar-refractivity contribution in [3.05, 3.63) is 51.7 Å². The number of anilines is 1. The molecule has 0 spiro atoms. The van der Waals surface area contributed by atoms with Gasteiger partial charge in [-0.3, -0.25) is 14.0 Å². The van der Waals surface area contributed by atoms with E-state index in [1.54, 1.807) is 6.07 Å². The van der Waals surface area contributed by atoms with Crippen LogP contribution in [0.25, 0.3) is 27.7 Å². The Morgan fingerprint density at radius 3 is 2.65 bits per heavy atom. The number of likely N-dealkylation sites (tertiary alicyclic amines) is 1. The highest BCUT2D eigenvalue weighted by Gasteiger charge is 2.25. The summed E-state index contributed by atoms with van der Waals surface area (Å²) in [4.78, 5) is 36.8. The first kappa shape index (κ1) is 23.6. The van der Waals surface area contributed by atoms with Gasteiger partial charge >= 0.3 is 0 Å². The number of hydrogen-bond acceptors (Lipinski definition) is 7. The van der Waals surface area contributed by atoms with Gasteiger partial charge in [0, 0.05) is 39.4 Å². The molecule has 2 saturated heterocycles. The molecule has 0 radical (unpaired) electrons. The van der Waals surface area contributed by atoms with E-state index in [1.165, 1.54) is 19.1 Å². The van der Waals surface area contributed by atoms with Crippen LogP contribution in [0, 0.1) is 5.41 Å². The molecular weight excluding hydrogens is 470 g/mol. The summed E-state index contributed by atoms with van der Waals surface area (Å²) in [5, 5.41) is 11.2. The fourth-order valence-electron chi connectivity index (χ4n) is 5.58. The van der Waals surface area contributed by atoms with Crippen LogP contribution in [0.1, 0.15) is 28.8 Å². The van der Waals surface area contributed by atoms with Gasteiger partial charge in [0.25, 0.3) is 5.91 Å². The SMILES string of the molecule is Cn1c2ccc(C=N)cc2n2c3nc(N4CCOCC4)ccc3c(=O)c(C(=O)NCCN3CCCC3)c12. The van der Waals surface area contributed by atoms with E-state index in [4.69, 9.17) is 15.1 Å². The van der Waals surface area contributed by atoms with Gasteiger partial charge in [-0.2, -0.15) is 0 Å². The molecule has 0 unspecified atom stereocenters. The van der Waals surface area contributed by atoms with E-state index in [0.29, 0.717) is 36.4 Å². The molecule has 0 saturated carbocycles. The fraction of sp³-hybridized carbons (Fsp3) is 0.407. The molecule has 2 fully saturated rings. The lowest BCUT2D eigenvalue weighted by Crippen LogP contribution is -2.37. The van der Waals surface area contributed by atoms with E-state index in [1.807, 2.05) is 40.3 Å². The quantitative estimate of drug-likeness (QED) is 0.392. The summed E-state index contributed by atoms with van der Waals surface area (Å²) < 4.78 is 9.27. The summed E-state index contributed by atoms with van der Waals surface area (Å²) in [7, 11) is 1.86. The van der Waals surface area contributed by atoms with Gasteiger partial charge in [-0.1, -0.05) is 6.07 Å².